The summed E-state index contributed by atoms with van der Waals surface area (Å²) in [6, 6.07) is 0. The summed E-state index contributed by atoms with van der Waals surface area (Å²) in [5, 5.41) is 0. The van der Waals surface area contributed by atoms with Gasteiger partial charge in [-0.05, 0) is 63.9 Å². The van der Waals surface area contributed by atoms with Crippen molar-refractivity contribution in [1.29, 1.82) is 0 Å². The quantitative estimate of drug-likeness (QED) is 0.801. The molecule has 1 fully saturated rings. The molecule has 0 N–H and O–H groups in total. The Labute approximate surface area is 167 Å². The molecule has 1 spiro atoms. The highest BCUT2D eigenvalue weighted by Crippen LogP contribution is 2.45. The Balaban J connectivity index is 1.55. The first-order valence-corrected chi connectivity index (χ1v) is 10.7. The van der Waals surface area contributed by atoms with Gasteiger partial charge < -0.3 is 9.80 Å². The summed E-state index contributed by atoms with van der Waals surface area (Å²) in [4.78, 5) is 23.9. The lowest BCUT2D eigenvalue weighted by Crippen LogP contribution is -2.46. The molecular weight excluding hydrogens is 348 g/mol. The van der Waals surface area contributed by atoms with Crippen LogP contribution in [0, 0.1) is 6.92 Å². The molecule has 0 amide bonds. The van der Waals surface area contributed by atoms with Crippen molar-refractivity contribution in [3.05, 3.63) is 34.5 Å². The highest BCUT2D eigenvalue weighted by molar-refractivity contribution is 5.55. The highest BCUT2D eigenvalue weighted by atomic mass is 15.3. The van der Waals surface area contributed by atoms with E-state index in [-0.39, 0.29) is 5.41 Å². The van der Waals surface area contributed by atoms with Crippen molar-refractivity contribution in [3.8, 4) is 0 Å². The van der Waals surface area contributed by atoms with Gasteiger partial charge in [0.15, 0.2) is 0 Å². The van der Waals surface area contributed by atoms with Crippen molar-refractivity contribution in [2.24, 2.45) is 0 Å². The second-order valence-corrected chi connectivity index (χ2v) is 8.97. The maximum Gasteiger partial charge on any atom is 0.227 e. The van der Waals surface area contributed by atoms with E-state index in [2.05, 4.69) is 16.1 Å². The average Bonchev–Trinajstić information content (AvgIpc) is 3.04. The Bertz CT molecular complexity index is 904. The molecule has 0 saturated carbocycles. The largest absolute Gasteiger partial charge is 0.355 e. The van der Waals surface area contributed by atoms with Crippen LogP contribution < -0.4 is 9.80 Å². The first-order chi connectivity index (χ1) is 13.6. The predicted octanol–water partition coefficient (Wildman–Crippen LogP) is 3.00. The highest BCUT2D eigenvalue weighted by Gasteiger charge is 2.44. The van der Waals surface area contributed by atoms with E-state index in [4.69, 9.17) is 15.0 Å². The standard InChI is InChI=1S/C22H30N6/c1-15-23-13-16-9-11-22(19(16)24-15)10-6-12-28(14-22)20-17-7-4-5-8-18(17)25-21(26-20)27(2)3/h13H,4-12,14H2,1-3H3. The average molecular weight is 379 g/mol. The minimum Gasteiger partial charge on any atom is -0.355 e. The van der Waals surface area contributed by atoms with Gasteiger partial charge in [-0.15, -0.1) is 0 Å². The van der Waals surface area contributed by atoms with E-state index in [0.717, 1.165) is 44.1 Å². The molecule has 5 rings (SSSR count). The Morgan fingerprint density at radius 3 is 2.71 bits per heavy atom. The molecule has 6 heteroatoms. The van der Waals surface area contributed by atoms with E-state index in [1.165, 1.54) is 60.4 Å². The van der Waals surface area contributed by atoms with Gasteiger partial charge in [-0.1, -0.05) is 0 Å². The third kappa shape index (κ3) is 2.85. The lowest BCUT2D eigenvalue weighted by Gasteiger charge is -2.42. The van der Waals surface area contributed by atoms with Crippen LogP contribution in [0.2, 0.25) is 0 Å². The van der Waals surface area contributed by atoms with E-state index in [0.29, 0.717) is 0 Å². The third-order valence-electron chi connectivity index (χ3n) is 6.79. The lowest BCUT2D eigenvalue weighted by atomic mass is 9.77. The Hall–Kier alpha value is -2.24. The zero-order valence-electron chi connectivity index (χ0n) is 17.3. The number of aryl methyl sites for hydroxylation is 3. The monoisotopic (exact) mass is 378 g/mol. The van der Waals surface area contributed by atoms with Crippen molar-refractivity contribution in [1.82, 2.24) is 19.9 Å². The van der Waals surface area contributed by atoms with Gasteiger partial charge in [0.2, 0.25) is 5.95 Å². The number of nitrogens with zero attached hydrogens (tertiary/aromatic N) is 6. The van der Waals surface area contributed by atoms with Crippen LogP contribution in [-0.2, 0) is 24.7 Å². The lowest BCUT2D eigenvalue weighted by molar-refractivity contribution is 0.332. The van der Waals surface area contributed by atoms with Crippen LogP contribution in [-0.4, -0.2) is 47.1 Å². The molecule has 28 heavy (non-hydrogen) atoms. The molecule has 1 atom stereocenters. The first kappa shape index (κ1) is 17.8. The molecule has 6 nitrogen and oxygen atoms in total. The van der Waals surface area contributed by atoms with Crippen LogP contribution in [0.25, 0.3) is 0 Å². The van der Waals surface area contributed by atoms with Crippen LogP contribution in [0.4, 0.5) is 11.8 Å². The van der Waals surface area contributed by atoms with Crippen LogP contribution in [0.5, 0.6) is 0 Å². The fraction of sp³-hybridized carbons (Fsp3) is 0.636. The SMILES string of the molecule is Cc1ncc2c(n1)C1(CCCN(c3nc(N(C)C)nc4c3CCCC4)C1)CC2. The summed E-state index contributed by atoms with van der Waals surface area (Å²) in [7, 11) is 4.08. The molecule has 1 unspecified atom stereocenters. The number of piperidine rings is 1. The first-order valence-electron chi connectivity index (χ1n) is 10.7. The molecule has 2 aromatic rings. The molecule has 1 aliphatic heterocycles. The van der Waals surface area contributed by atoms with Crippen molar-refractivity contribution >= 4 is 11.8 Å². The van der Waals surface area contributed by atoms with Gasteiger partial charge in [0.1, 0.15) is 11.6 Å². The second kappa shape index (κ2) is 6.68. The summed E-state index contributed by atoms with van der Waals surface area (Å²) >= 11 is 0. The molecule has 1 saturated heterocycles. The molecule has 2 aromatic heterocycles. The van der Waals surface area contributed by atoms with Crippen molar-refractivity contribution < 1.29 is 0 Å². The maximum atomic E-state index is 5.05. The molecule has 0 radical (unpaired) electrons. The Kier molecular flexibility index (Phi) is 4.25. The summed E-state index contributed by atoms with van der Waals surface area (Å²) in [6.45, 7) is 4.11. The van der Waals surface area contributed by atoms with Crippen LogP contribution in [0.15, 0.2) is 6.20 Å². The molecule has 2 aliphatic carbocycles. The van der Waals surface area contributed by atoms with Crippen LogP contribution in [0.3, 0.4) is 0 Å². The second-order valence-electron chi connectivity index (χ2n) is 8.97. The molecule has 148 valence electrons. The normalized spacial score (nSPS) is 23.6. The molecule has 3 heterocycles. The number of hydrogen-bond donors (Lipinski definition) is 0. The van der Waals surface area contributed by atoms with Crippen molar-refractivity contribution in [2.45, 2.75) is 63.7 Å². The number of aromatic nitrogens is 4. The Morgan fingerprint density at radius 2 is 1.86 bits per heavy atom. The smallest absolute Gasteiger partial charge is 0.227 e. The summed E-state index contributed by atoms with van der Waals surface area (Å²) in [5.74, 6) is 2.93. The van der Waals surface area contributed by atoms with Crippen LogP contribution >= 0.6 is 0 Å². The van der Waals surface area contributed by atoms with Gasteiger partial charge in [0.05, 0.1) is 11.4 Å². The Morgan fingerprint density at radius 1 is 1.00 bits per heavy atom. The van der Waals surface area contributed by atoms with Crippen molar-refractivity contribution in [2.75, 3.05) is 37.0 Å². The van der Waals surface area contributed by atoms with Gasteiger partial charge in [-0.2, -0.15) is 4.98 Å². The summed E-state index contributed by atoms with van der Waals surface area (Å²) in [5.41, 5.74) is 5.48. The van der Waals surface area contributed by atoms with Crippen molar-refractivity contribution in [3.63, 3.8) is 0 Å². The predicted molar refractivity (Wildman–Crippen MR) is 111 cm³/mol. The maximum absolute atomic E-state index is 5.05. The van der Waals surface area contributed by atoms with Gasteiger partial charge in [-0.3, -0.25) is 0 Å². The summed E-state index contributed by atoms with van der Waals surface area (Å²) in [6.07, 6.45) is 11.4. The molecule has 3 aliphatic rings. The van der Waals surface area contributed by atoms with E-state index in [1.54, 1.807) is 0 Å². The third-order valence-corrected chi connectivity index (χ3v) is 6.79. The number of hydrogen-bond acceptors (Lipinski definition) is 6. The van der Waals surface area contributed by atoms with Crippen LogP contribution in [0.1, 0.15) is 60.4 Å². The van der Waals surface area contributed by atoms with Gasteiger partial charge >= 0.3 is 0 Å². The minimum atomic E-state index is 0.159. The van der Waals surface area contributed by atoms with E-state index < -0.39 is 0 Å². The molecule has 0 aromatic carbocycles. The number of fused-ring (bicyclic) bond motifs is 3. The van der Waals surface area contributed by atoms with E-state index >= 15 is 0 Å². The van der Waals surface area contributed by atoms with Gasteiger partial charge in [0, 0.05) is 44.4 Å². The van der Waals surface area contributed by atoms with Gasteiger partial charge in [0.25, 0.3) is 0 Å². The van der Waals surface area contributed by atoms with Gasteiger partial charge in [-0.25, -0.2) is 15.0 Å². The molecule has 0 bridgehead atoms. The number of anilines is 2. The molecular formula is C22H30N6. The topological polar surface area (TPSA) is 58.0 Å². The fourth-order valence-corrected chi connectivity index (χ4v) is 5.36. The zero-order valence-corrected chi connectivity index (χ0v) is 17.3. The zero-order chi connectivity index (χ0) is 19.3. The minimum absolute atomic E-state index is 0.159. The van der Waals surface area contributed by atoms with E-state index in [9.17, 15) is 0 Å². The van der Waals surface area contributed by atoms with E-state index in [1.807, 2.05) is 25.9 Å². The fourth-order valence-electron chi connectivity index (χ4n) is 5.36. The number of rotatable bonds is 2. The summed E-state index contributed by atoms with van der Waals surface area (Å²) < 4.78 is 0.